The van der Waals surface area contributed by atoms with Crippen LogP contribution in [0.15, 0.2) is 48.5 Å². The third kappa shape index (κ3) is 6.37. The Kier molecular flexibility index (Phi) is 8.68. The molecule has 3 N–H and O–H groups in total. The molecule has 3 rings (SSSR count). The van der Waals surface area contributed by atoms with Gasteiger partial charge >= 0.3 is 12.1 Å². The molecule has 2 atom stereocenters. The predicted octanol–water partition coefficient (Wildman–Crippen LogP) is 4.70. The number of hydrogen-bond acceptors (Lipinski definition) is 4. The lowest BCUT2D eigenvalue weighted by atomic mass is 9.98. The Labute approximate surface area is 200 Å². The molecule has 1 aliphatic carbocycles. The lowest BCUT2D eigenvalue weighted by Gasteiger charge is -2.24. The minimum Gasteiger partial charge on any atom is -0.481 e. The van der Waals surface area contributed by atoms with Crippen LogP contribution in [0, 0.1) is 5.92 Å². The van der Waals surface area contributed by atoms with Gasteiger partial charge in [-0.25, -0.2) is 4.79 Å². The van der Waals surface area contributed by atoms with Crippen molar-refractivity contribution in [1.29, 1.82) is 0 Å². The van der Waals surface area contributed by atoms with Crippen LogP contribution in [0.2, 0.25) is 0 Å². The van der Waals surface area contributed by atoms with Crippen molar-refractivity contribution in [3.05, 3.63) is 59.7 Å². The predicted molar refractivity (Wildman–Crippen MR) is 131 cm³/mol. The molecule has 0 aliphatic heterocycles. The normalized spacial score (nSPS) is 14.1. The van der Waals surface area contributed by atoms with Gasteiger partial charge in [-0.1, -0.05) is 75.7 Å². The van der Waals surface area contributed by atoms with Gasteiger partial charge in [0.25, 0.3) is 0 Å². The highest BCUT2D eigenvalue weighted by Crippen LogP contribution is 2.44. The molecule has 0 saturated carbocycles. The summed E-state index contributed by atoms with van der Waals surface area (Å²) in [7, 11) is 0. The summed E-state index contributed by atoms with van der Waals surface area (Å²) in [6.07, 6.45) is 0.901. The quantitative estimate of drug-likeness (QED) is 0.445. The van der Waals surface area contributed by atoms with E-state index in [4.69, 9.17) is 9.84 Å². The second-order valence-electron chi connectivity index (χ2n) is 9.24. The second-order valence-corrected chi connectivity index (χ2v) is 9.24. The molecule has 2 aromatic rings. The number of carboxylic acids is 1. The fourth-order valence-corrected chi connectivity index (χ4v) is 4.57. The molecule has 0 spiro atoms. The minimum absolute atomic E-state index is 0.0694. The fraction of sp³-hybridized carbons (Fsp3) is 0.444. The minimum atomic E-state index is -0.969. The lowest BCUT2D eigenvalue weighted by molar-refractivity contribution is -0.137. The van der Waals surface area contributed by atoms with Gasteiger partial charge in [0.1, 0.15) is 12.6 Å². The van der Waals surface area contributed by atoms with Crippen LogP contribution in [-0.2, 0) is 14.3 Å². The summed E-state index contributed by atoms with van der Waals surface area (Å²) in [5, 5.41) is 14.6. The fourth-order valence-electron chi connectivity index (χ4n) is 4.57. The van der Waals surface area contributed by atoms with Gasteiger partial charge in [0, 0.05) is 12.0 Å². The van der Waals surface area contributed by atoms with E-state index in [9.17, 15) is 14.4 Å². The molecule has 2 aromatic carbocycles. The zero-order chi connectivity index (χ0) is 24.7. The number of carbonyl (C=O) groups is 3. The summed E-state index contributed by atoms with van der Waals surface area (Å²) in [6.45, 7) is 6.01. The number of benzene rings is 2. The number of alkyl carbamates (subject to hydrolysis) is 1. The highest BCUT2D eigenvalue weighted by atomic mass is 16.5. The van der Waals surface area contributed by atoms with Gasteiger partial charge in [-0.2, -0.15) is 0 Å². The average Bonchev–Trinajstić information content (AvgIpc) is 3.10. The number of carbonyl (C=O) groups excluding carboxylic acids is 2. The molecule has 7 nitrogen and oxygen atoms in total. The maximum absolute atomic E-state index is 12.9. The van der Waals surface area contributed by atoms with Gasteiger partial charge in [-0.15, -0.1) is 0 Å². The van der Waals surface area contributed by atoms with Gasteiger partial charge in [0.15, 0.2) is 0 Å². The van der Waals surface area contributed by atoms with Crippen molar-refractivity contribution in [3.63, 3.8) is 0 Å². The van der Waals surface area contributed by atoms with Gasteiger partial charge in [0.05, 0.1) is 6.42 Å². The summed E-state index contributed by atoms with van der Waals surface area (Å²) in [5.74, 6) is -1.28. The molecular weight excluding hydrogens is 432 g/mol. The molecule has 0 fully saturated rings. The summed E-state index contributed by atoms with van der Waals surface area (Å²) in [5.41, 5.74) is 4.52. The van der Waals surface area contributed by atoms with Crippen molar-refractivity contribution in [2.24, 2.45) is 5.92 Å². The standard InChI is InChI=1S/C27H34N2O5/c1-4-9-18(15-25(30)31)28-26(32)24(14-17(2)3)29-27(33)34-16-23-21-12-7-5-10-19(21)20-11-6-8-13-22(20)23/h5-8,10-13,17-18,23-24H,4,9,14-16H2,1-3H3,(H,28,32)(H,29,33)(H,30,31)/t18-,24-/m1/s1. The molecule has 0 heterocycles. The molecule has 34 heavy (non-hydrogen) atoms. The van der Waals surface area contributed by atoms with Crippen LogP contribution in [0.25, 0.3) is 11.1 Å². The van der Waals surface area contributed by atoms with Gasteiger partial charge in [0.2, 0.25) is 5.91 Å². The van der Waals surface area contributed by atoms with Crippen molar-refractivity contribution in [3.8, 4) is 11.1 Å². The highest BCUT2D eigenvalue weighted by Gasteiger charge is 2.30. The van der Waals surface area contributed by atoms with E-state index in [1.807, 2.05) is 57.2 Å². The Morgan fingerprint density at radius 2 is 1.56 bits per heavy atom. The average molecular weight is 467 g/mol. The first-order valence-corrected chi connectivity index (χ1v) is 11.9. The van der Waals surface area contributed by atoms with E-state index >= 15 is 0 Å². The Morgan fingerprint density at radius 3 is 2.09 bits per heavy atom. The van der Waals surface area contributed by atoms with E-state index in [2.05, 4.69) is 22.8 Å². The van der Waals surface area contributed by atoms with E-state index in [0.717, 1.165) is 28.7 Å². The smallest absolute Gasteiger partial charge is 0.407 e. The number of ether oxygens (including phenoxy) is 1. The Balaban J connectivity index is 1.65. The molecule has 0 saturated heterocycles. The van der Waals surface area contributed by atoms with Gasteiger partial charge < -0.3 is 20.5 Å². The summed E-state index contributed by atoms with van der Waals surface area (Å²) < 4.78 is 5.59. The Bertz CT molecular complexity index is 974. The maximum Gasteiger partial charge on any atom is 0.407 e. The molecule has 1 aliphatic rings. The summed E-state index contributed by atoms with van der Waals surface area (Å²) in [6, 6.07) is 14.9. The van der Waals surface area contributed by atoms with Crippen LogP contribution >= 0.6 is 0 Å². The second kappa shape index (κ2) is 11.7. The molecule has 0 aromatic heterocycles. The van der Waals surface area contributed by atoms with Crippen molar-refractivity contribution in [1.82, 2.24) is 10.6 Å². The van der Waals surface area contributed by atoms with Crippen LogP contribution in [0.3, 0.4) is 0 Å². The van der Waals surface area contributed by atoms with Crippen molar-refractivity contribution in [2.45, 2.75) is 64.5 Å². The number of rotatable bonds is 11. The Hall–Kier alpha value is -3.35. The molecule has 0 unspecified atom stereocenters. The monoisotopic (exact) mass is 466 g/mol. The van der Waals surface area contributed by atoms with Gasteiger partial charge in [-0.3, -0.25) is 9.59 Å². The summed E-state index contributed by atoms with van der Waals surface area (Å²) in [4.78, 5) is 36.7. The molecule has 0 radical (unpaired) electrons. The number of amides is 2. The first-order chi connectivity index (χ1) is 16.3. The topological polar surface area (TPSA) is 105 Å². The molecule has 0 bridgehead atoms. The van der Waals surface area contributed by atoms with Crippen LogP contribution in [0.4, 0.5) is 4.79 Å². The Morgan fingerprint density at radius 1 is 0.971 bits per heavy atom. The van der Waals surface area contributed by atoms with E-state index in [1.165, 1.54) is 0 Å². The molecule has 2 amide bonds. The van der Waals surface area contributed by atoms with Crippen molar-refractivity contribution >= 4 is 18.0 Å². The van der Waals surface area contributed by atoms with Crippen LogP contribution in [0.5, 0.6) is 0 Å². The largest absolute Gasteiger partial charge is 0.481 e. The SMILES string of the molecule is CCC[C@H](CC(=O)O)NC(=O)[C@@H](CC(C)C)NC(=O)OCC1c2ccccc2-c2ccccc21. The zero-order valence-corrected chi connectivity index (χ0v) is 20.0. The number of carboxylic acid groups (broad SMARTS) is 1. The number of hydrogen-bond donors (Lipinski definition) is 3. The first-order valence-electron chi connectivity index (χ1n) is 11.9. The number of fused-ring (bicyclic) bond motifs is 3. The first kappa shape index (κ1) is 25.3. The van der Waals surface area contributed by atoms with Gasteiger partial charge in [-0.05, 0) is 41.0 Å². The molecular formula is C27H34N2O5. The number of nitrogens with one attached hydrogen (secondary N) is 2. The number of aliphatic carboxylic acids is 1. The van der Waals surface area contributed by atoms with Crippen molar-refractivity contribution in [2.75, 3.05) is 6.61 Å². The van der Waals surface area contributed by atoms with E-state index in [1.54, 1.807) is 0 Å². The zero-order valence-electron chi connectivity index (χ0n) is 20.0. The maximum atomic E-state index is 12.9. The summed E-state index contributed by atoms with van der Waals surface area (Å²) >= 11 is 0. The van der Waals surface area contributed by atoms with Crippen molar-refractivity contribution < 1.29 is 24.2 Å². The van der Waals surface area contributed by atoms with E-state index in [-0.39, 0.29) is 30.8 Å². The molecule has 182 valence electrons. The van der Waals surface area contributed by atoms with Crippen LogP contribution < -0.4 is 10.6 Å². The highest BCUT2D eigenvalue weighted by molar-refractivity contribution is 5.86. The van der Waals surface area contributed by atoms with Crippen LogP contribution in [-0.4, -0.2) is 41.8 Å². The third-order valence-electron chi connectivity index (χ3n) is 6.06. The third-order valence-corrected chi connectivity index (χ3v) is 6.06. The molecule has 7 heteroatoms. The lowest BCUT2D eigenvalue weighted by Crippen LogP contribution is -2.50. The van der Waals surface area contributed by atoms with Crippen LogP contribution in [0.1, 0.15) is 63.5 Å². The van der Waals surface area contributed by atoms with E-state index < -0.39 is 24.1 Å². The van der Waals surface area contributed by atoms with E-state index in [0.29, 0.717) is 12.8 Å².